The molecule has 133 valence electrons. The lowest BCUT2D eigenvalue weighted by molar-refractivity contribution is 0.618. The predicted octanol–water partition coefficient (Wildman–Crippen LogP) is 7.23. The maximum absolute atomic E-state index is 4.97. The van der Waals surface area contributed by atoms with E-state index in [0.29, 0.717) is 0 Å². The molecule has 0 aliphatic rings. The molecule has 0 atom stereocenters. The van der Waals surface area contributed by atoms with Gasteiger partial charge in [-0.15, -0.1) is 0 Å². The first-order valence-corrected chi connectivity index (χ1v) is 9.81. The van der Waals surface area contributed by atoms with Gasteiger partial charge in [0.2, 0.25) is 0 Å². The molecule has 1 radical (unpaired) electrons. The highest BCUT2D eigenvalue weighted by Crippen LogP contribution is 2.37. The summed E-state index contributed by atoms with van der Waals surface area (Å²) in [4.78, 5) is 0. The molecule has 0 aliphatic heterocycles. The third kappa shape index (κ3) is 4.76. The summed E-state index contributed by atoms with van der Waals surface area (Å²) >= 11 is 0. The third-order valence-corrected chi connectivity index (χ3v) is 4.73. The van der Waals surface area contributed by atoms with Gasteiger partial charge in [-0.25, -0.2) is 0 Å². The van der Waals surface area contributed by atoms with E-state index in [-0.39, 0.29) is 0 Å². The number of nitrogens with zero attached hydrogens (tertiary/aromatic N) is 1. The molecule has 0 amide bonds. The molecule has 0 unspecified atom stereocenters. The molecular weight excluding hydrogens is 314 g/mol. The Labute approximate surface area is 158 Å². The Kier molecular flexibility index (Phi) is 6.89. The molecular formula is C25H28N. The Hall–Kier alpha value is -2.54. The third-order valence-electron chi connectivity index (χ3n) is 4.73. The number of hydrogen-bond acceptors (Lipinski definition) is 0. The first-order valence-electron chi connectivity index (χ1n) is 9.81. The highest BCUT2D eigenvalue weighted by atomic mass is 14.9. The van der Waals surface area contributed by atoms with E-state index in [1.54, 1.807) is 0 Å². The van der Waals surface area contributed by atoms with Gasteiger partial charge in [-0.3, -0.25) is 5.32 Å². The minimum absolute atomic E-state index is 0.905. The van der Waals surface area contributed by atoms with Gasteiger partial charge in [0.25, 0.3) is 0 Å². The van der Waals surface area contributed by atoms with Crippen LogP contribution in [0.2, 0.25) is 0 Å². The summed E-state index contributed by atoms with van der Waals surface area (Å²) in [6.45, 7) is 3.16. The quantitative estimate of drug-likeness (QED) is 0.364. The smallest absolute Gasteiger partial charge is 0.0658 e. The minimum atomic E-state index is 0.905. The second-order valence-corrected chi connectivity index (χ2v) is 6.73. The Morgan fingerprint density at radius 1 is 0.615 bits per heavy atom. The molecule has 3 aromatic rings. The van der Waals surface area contributed by atoms with Crippen LogP contribution in [0.4, 0.5) is 5.69 Å². The summed E-state index contributed by atoms with van der Waals surface area (Å²) < 4.78 is 0. The average molecular weight is 343 g/mol. The largest absolute Gasteiger partial charge is 0.285 e. The number of unbranched alkanes of at least 4 members (excludes halogenated alkanes) is 4. The molecule has 3 rings (SSSR count). The number of hydrogen-bond donors (Lipinski definition) is 0. The van der Waals surface area contributed by atoms with E-state index in [9.17, 15) is 0 Å². The summed E-state index contributed by atoms with van der Waals surface area (Å²) in [6.07, 6.45) is 6.38. The van der Waals surface area contributed by atoms with Gasteiger partial charge in [0.05, 0.1) is 5.69 Å². The van der Waals surface area contributed by atoms with Crippen LogP contribution >= 0.6 is 0 Å². The van der Waals surface area contributed by atoms with E-state index < -0.39 is 0 Å². The van der Waals surface area contributed by atoms with Gasteiger partial charge in [-0.1, -0.05) is 105 Å². The summed E-state index contributed by atoms with van der Waals surface area (Å²) in [6, 6.07) is 27.7. The second-order valence-electron chi connectivity index (χ2n) is 6.73. The fourth-order valence-corrected chi connectivity index (χ4v) is 3.35. The van der Waals surface area contributed by atoms with E-state index in [0.717, 1.165) is 12.2 Å². The zero-order valence-electron chi connectivity index (χ0n) is 15.7. The fraction of sp³-hybridized carbons (Fsp3) is 0.280. The van der Waals surface area contributed by atoms with Crippen molar-refractivity contribution in [3.8, 4) is 22.3 Å². The molecule has 0 bridgehead atoms. The van der Waals surface area contributed by atoms with E-state index >= 15 is 0 Å². The standard InChI is InChI=1S/C25H28N/c1-2-3-4-5-12-20-26-24-19-13-18-23(21-14-8-6-9-15-21)25(24)22-16-10-7-11-17-22/h6-11,13-19H,2-5,12,20H2,1H3. The molecule has 0 fully saturated rings. The zero-order valence-corrected chi connectivity index (χ0v) is 15.7. The predicted molar refractivity (Wildman–Crippen MR) is 113 cm³/mol. The van der Waals surface area contributed by atoms with Crippen LogP contribution in [0.1, 0.15) is 39.0 Å². The van der Waals surface area contributed by atoms with E-state index in [1.165, 1.54) is 54.4 Å². The Bertz CT molecular complexity index is 778. The van der Waals surface area contributed by atoms with Crippen molar-refractivity contribution in [2.75, 3.05) is 6.54 Å². The van der Waals surface area contributed by atoms with Gasteiger partial charge in [-0.05, 0) is 29.2 Å². The van der Waals surface area contributed by atoms with Gasteiger partial charge >= 0.3 is 0 Å². The average Bonchev–Trinajstić information content (AvgIpc) is 2.71. The summed E-state index contributed by atoms with van der Waals surface area (Å²) in [5.74, 6) is 0. The van der Waals surface area contributed by atoms with Gasteiger partial charge in [0.1, 0.15) is 0 Å². The lowest BCUT2D eigenvalue weighted by Gasteiger charge is -2.15. The maximum atomic E-state index is 4.97. The van der Waals surface area contributed by atoms with Crippen molar-refractivity contribution in [3.63, 3.8) is 0 Å². The van der Waals surface area contributed by atoms with Crippen LogP contribution < -0.4 is 5.32 Å². The van der Waals surface area contributed by atoms with E-state index in [2.05, 4.69) is 85.8 Å². The van der Waals surface area contributed by atoms with Gasteiger partial charge in [0.15, 0.2) is 0 Å². The van der Waals surface area contributed by atoms with Crippen molar-refractivity contribution < 1.29 is 0 Å². The van der Waals surface area contributed by atoms with Crippen LogP contribution in [0.25, 0.3) is 22.3 Å². The van der Waals surface area contributed by atoms with Crippen LogP contribution in [0.15, 0.2) is 78.9 Å². The van der Waals surface area contributed by atoms with Crippen molar-refractivity contribution in [1.29, 1.82) is 0 Å². The van der Waals surface area contributed by atoms with Crippen LogP contribution in [0, 0.1) is 0 Å². The summed E-state index contributed by atoms with van der Waals surface area (Å²) in [7, 11) is 0. The van der Waals surface area contributed by atoms with Crippen molar-refractivity contribution in [2.24, 2.45) is 0 Å². The maximum Gasteiger partial charge on any atom is 0.0658 e. The van der Waals surface area contributed by atoms with Crippen LogP contribution in [0.3, 0.4) is 0 Å². The lowest BCUT2D eigenvalue weighted by Crippen LogP contribution is -2.02. The van der Waals surface area contributed by atoms with E-state index in [1.807, 2.05) is 0 Å². The van der Waals surface area contributed by atoms with Gasteiger partial charge in [0, 0.05) is 12.1 Å². The molecule has 0 aromatic heterocycles. The van der Waals surface area contributed by atoms with Crippen molar-refractivity contribution >= 4 is 5.69 Å². The molecule has 3 aromatic carbocycles. The van der Waals surface area contributed by atoms with Crippen LogP contribution in [0.5, 0.6) is 0 Å². The highest BCUT2D eigenvalue weighted by Gasteiger charge is 2.12. The normalized spacial score (nSPS) is 10.7. The van der Waals surface area contributed by atoms with Crippen LogP contribution in [-0.2, 0) is 0 Å². The molecule has 0 aliphatic carbocycles. The molecule has 0 spiro atoms. The Morgan fingerprint density at radius 2 is 1.27 bits per heavy atom. The highest BCUT2D eigenvalue weighted by molar-refractivity contribution is 5.90. The Balaban J connectivity index is 1.87. The summed E-state index contributed by atoms with van der Waals surface area (Å²) in [5.41, 5.74) is 6.08. The first kappa shape index (κ1) is 18.3. The fourth-order valence-electron chi connectivity index (χ4n) is 3.35. The van der Waals surface area contributed by atoms with Gasteiger partial charge in [-0.2, -0.15) is 0 Å². The number of benzene rings is 3. The monoisotopic (exact) mass is 342 g/mol. The van der Waals surface area contributed by atoms with Crippen molar-refractivity contribution in [3.05, 3.63) is 78.9 Å². The first-order chi connectivity index (χ1) is 12.9. The second kappa shape index (κ2) is 9.82. The Morgan fingerprint density at radius 3 is 1.96 bits per heavy atom. The molecule has 0 N–H and O–H groups in total. The van der Waals surface area contributed by atoms with Crippen molar-refractivity contribution in [2.45, 2.75) is 39.0 Å². The number of rotatable bonds is 9. The van der Waals surface area contributed by atoms with Gasteiger partial charge < -0.3 is 0 Å². The zero-order chi connectivity index (χ0) is 18.0. The molecule has 1 nitrogen and oxygen atoms in total. The lowest BCUT2D eigenvalue weighted by atomic mass is 9.93. The van der Waals surface area contributed by atoms with Crippen LogP contribution in [-0.4, -0.2) is 6.54 Å². The molecule has 0 heterocycles. The molecule has 1 heteroatoms. The topological polar surface area (TPSA) is 14.1 Å². The molecule has 0 saturated heterocycles. The minimum Gasteiger partial charge on any atom is -0.285 e. The summed E-state index contributed by atoms with van der Waals surface area (Å²) in [5, 5.41) is 4.97. The van der Waals surface area contributed by atoms with E-state index in [4.69, 9.17) is 5.32 Å². The van der Waals surface area contributed by atoms with Crippen molar-refractivity contribution in [1.82, 2.24) is 5.32 Å². The molecule has 26 heavy (non-hydrogen) atoms. The SMILES string of the molecule is CCCCCCC[N]c1cccc(-c2ccccc2)c1-c1ccccc1. The molecule has 0 saturated carbocycles.